The summed E-state index contributed by atoms with van der Waals surface area (Å²) in [5.41, 5.74) is 2.09. The SMILES string of the molecule is CNCCNC(=O)Cc1csc(Cc2ccccc2)n1.Cl.Cl. The second kappa shape index (κ2) is 11.4. The Balaban J connectivity index is 0.00000220. The van der Waals surface area contributed by atoms with Crippen LogP contribution >= 0.6 is 36.2 Å². The van der Waals surface area contributed by atoms with Crippen LogP contribution in [0.4, 0.5) is 0 Å². The molecule has 2 aromatic rings. The van der Waals surface area contributed by atoms with Crippen LogP contribution < -0.4 is 10.6 Å². The van der Waals surface area contributed by atoms with E-state index in [0.717, 1.165) is 23.7 Å². The first-order valence-corrected chi connectivity index (χ1v) is 7.54. The molecule has 0 aliphatic heterocycles. The molecular weight excluding hydrogens is 341 g/mol. The highest BCUT2D eigenvalue weighted by Crippen LogP contribution is 2.15. The molecule has 1 aromatic carbocycles. The first-order chi connectivity index (χ1) is 9.78. The van der Waals surface area contributed by atoms with Crippen molar-refractivity contribution in [2.24, 2.45) is 0 Å². The number of aromatic nitrogens is 1. The molecule has 0 saturated heterocycles. The van der Waals surface area contributed by atoms with Crippen LogP contribution in [0.25, 0.3) is 0 Å². The van der Waals surface area contributed by atoms with Gasteiger partial charge in [0, 0.05) is 24.9 Å². The lowest BCUT2D eigenvalue weighted by Crippen LogP contribution is -2.31. The summed E-state index contributed by atoms with van der Waals surface area (Å²) >= 11 is 1.61. The van der Waals surface area contributed by atoms with E-state index in [2.05, 4.69) is 27.8 Å². The topological polar surface area (TPSA) is 54.0 Å². The zero-order valence-corrected chi connectivity index (χ0v) is 14.8. The minimum Gasteiger partial charge on any atom is -0.354 e. The van der Waals surface area contributed by atoms with Gasteiger partial charge in [0.05, 0.1) is 17.1 Å². The monoisotopic (exact) mass is 361 g/mol. The molecule has 0 saturated carbocycles. The van der Waals surface area contributed by atoms with Crippen LogP contribution in [0.1, 0.15) is 16.3 Å². The van der Waals surface area contributed by atoms with Gasteiger partial charge < -0.3 is 10.6 Å². The van der Waals surface area contributed by atoms with E-state index in [1.54, 1.807) is 11.3 Å². The third-order valence-electron chi connectivity index (χ3n) is 2.84. The Morgan fingerprint density at radius 2 is 1.91 bits per heavy atom. The molecule has 0 aliphatic carbocycles. The highest BCUT2D eigenvalue weighted by Gasteiger charge is 2.07. The third-order valence-corrected chi connectivity index (χ3v) is 3.73. The predicted molar refractivity (Wildman–Crippen MR) is 96.5 cm³/mol. The summed E-state index contributed by atoms with van der Waals surface area (Å²) in [7, 11) is 1.86. The molecule has 2 N–H and O–H groups in total. The quantitative estimate of drug-likeness (QED) is 0.744. The van der Waals surface area contributed by atoms with E-state index < -0.39 is 0 Å². The lowest BCUT2D eigenvalue weighted by atomic mass is 10.2. The van der Waals surface area contributed by atoms with Crippen molar-refractivity contribution in [3.05, 3.63) is 52.0 Å². The summed E-state index contributed by atoms with van der Waals surface area (Å²) in [5, 5.41) is 8.86. The van der Waals surface area contributed by atoms with Gasteiger partial charge in [-0.3, -0.25) is 4.79 Å². The first-order valence-electron chi connectivity index (χ1n) is 6.66. The summed E-state index contributed by atoms with van der Waals surface area (Å²) in [6, 6.07) is 10.2. The number of hydrogen-bond acceptors (Lipinski definition) is 4. The average molecular weight is 362 g/mol. The van der Waals surface area contributed by atoms with Gasteiger partial charge in [-0.2, -0.15) is 0 Å². The van der Waals surface area contributed by atoms with Crippen molar-refractivity contribution < 1.29 is 4.79 Å². The Labute approximate surface area is 147 Å². The molecule has 0 fully saturated rings. The molecule has 0 bridgehead atoms. The Morgan fingerprint density at radius 3 is 2.59 bits per heavy atom. The number of thiazole rings is 1. The lowest BCUT2D eigenvalue weighted by Gasteiger charge is -2.02. The molecule has 22 heavy (non-hydrogen) atoms. The van der Waals surface area contributed by atoms with Gasteiger partial charge in [-0.05, 0) is 12.6 Å². The van der Waals surface area contributed by atoms with Crippen molar-refractivity contribution in [1.29, 1.82) is 0 Å². The van der Waals surface area contributed by atoms with E-state index >= 15 is 0 Å². The van der Waals surface area contributed by atoms with Gasteiger partial charge >= 0.3 is 0 Å². The smallest absolute Gasteiger partial charge is 0.226 e. The maximum absolute atomic E-state index is 11.7. The molecule has 0 unspecified atom stereocenters. The second-order valence-corrected chi connectivity index (χ2v) is 5.47. The number of likely N-dealkylation sites (N-methyl/N-ethyl adjacent to an activating group) is 1. The highest BCUT2D eigenvalue weighted by molar-refractivity contribution is 7.09. The predicted octanol–water partition coefficient (Wildman–Crippen LogP) is 2.46. The van der Waals surface area contributed by atoms with Crippen LogP contribution in [-0.4, -0.2) is 31.0 Å². The average Bonchev–Trinajstić information content (AvgIpc) is 2.87. The van der Waals surface area contributed by atoms with Gasteiger partial charge in [0.1, 0.15) is 0 Å². The van der Waals surface area contributed by atoms with E-state index in [4.69, 9.17) is 0 Å². The van der Waals surface area contributed by atoms with Crippen molar-refractivity contribution in [2.45, 2.75) is 12.8 Å². The second-order valence-electron chi connectivity index (χ2n) is 4.53. The molecule has 1 aromatic heterocycles. The van der Waals surface area contributed by atoms with Crippen LogP contribution in [0.15, 0.2) is 35.7 Å². The zero-order chi connectivity index (χ0) is 14.2. The Bertz CT molecular complexity index is 549. The lowest BCUT2D eigenvalue weighted by molar-refractivity contribution is -0.120. The normalized spacial score (nSPS) is 9.50. The number of amides is 1. The van der Waals surface area contributed by atoms with Crippen molar-refractivity contribution in [2.75, 3.05) is 20.1 Å². The summed E-state index contributed by atoms with van der Waals surface area (Å²) < 4.78 is 0. The molecule has 2 rings (SSSR count). The van der Waals surface area contributed by atoms with Crippen molar-refractivity contribution in [1.82, 2.24) is 15.6 Å². The highest BCUT2D eigenvalue weighted by atomic mass is 35.5. The number of carbonyl (C=O) groups is 1. The molecule has 4 nitrogen and oxygen atoms in total. The minimum atomic E-state index is 0. The standard InChI is InChI=1S/C15H19N3OS.2ClH/c1-16-7-8-17-14(19)10-13-11-20-15(18-13)9-12-5-3-2-4-6-12;;/h2-6,11,16H,7-10H2,1H3,(H,17,19);2*1H. The Hall–Kier alpha value is -1.14. The summed E-state index contributed by atoms with van der Waals surface area (Å²) in [5.74, 6) is 0.0248. The maximum Gasteiger partial charge on any atom is 0.226 e. The molecule has 0 radical (unpaired) electrons. The zero-order valence-electron chi connectivity index (χ0n) is 12.4. The van der Waals surface area contributed by atoms with Gasteiger partial charge in [-0.25, -0.2) is 4.98 Å². The fourth-order valence-electron chi connectivity index (χ4n) is 1.84. The fraction of sp³-hybridized carbons (Fsp3) is 0.333. The molecule has 1 amide bonds. The van der Waals surface area contributed by atoms with Crippen molar-refractivity contribution in [3.63, 3.8) is 0 Å². The summed E-state index contributed by atoms with van der Waals surface area (Å²) in [6.45, 7) is 1.43. The fourth-order valence-corrected chi connectivity index (χ4v) is 2.66. The molecular formula is C15H21Cl2N3OS. The van der Waals surface area contributed by atoms with Gasteiger partial charge in [0.2, 0.25) is 5.91 Å². The largest absolute Gasteiger partial charge is 0.354 e. The Morgan fingerprint density at radius 1 is 1.18 bits per heavy atom. The number of hydrogen-bond donors (Lipinski definition) is 2. The molecule has 0 atom stereocenters. The number of rotatable bonds is 7. The number of nitrogens with one attached hydrogen (secondary N) is 2. The molecule has 0 spiro atoms. The summed E-state index contributed by atoms with van der Waals surface area (Å²) in [6.07, 6.45) is 1.18. The van der Waals surface area contributed by atoms with Crippen molar-refractivity contribution in [3.8, 4) is 0 Å². The third kappa shape index (κ3) is 7.22. The molecule has 7 heteroatoms. The molecule has 1 heterocycles. The first kappa shape index (κ1) is 20.9. The van der Waals surface area contributed by atoms with E-state index in [0.29, 0.717) is 13.0 Å². The van der Waals surface area contributed by atoms with Crippen LogP contribution in [0.3, 0.4) is 0 Å². The number of benzene rings is 1. The number of halogens is 2. The van der Waals surface area contributed by atoms with E-state index in [-0.39, 0.29) is 30.7 Å². The van der Waals surface area contributed by atoms with Gasteiger partial charge in [0.25, 0.3) is 0 Å². The van der Waals surface area contributed by atoms with E-state index in [1.165, 1.54) is 5.56 Å². The van der Waals surface area contributed by atoms with Crippen LogP contribution in [0.2, 0.25) is 0 Å². The minimum absolute atomic E-state index is 0. The van der Waals surface area contributed by atoms with E-state index in [9.17, 15) is 4.79 Å². The summed E-state index contributed by atoms with van der Waals surface area (Å²) in [4.78, 5) is 16.2. The molecule has 122 valence electrons. The van der Waals surface area contributed by atoms with Gasteiger partial charge in [-0.15, -0.1) is 36.2 Å². The van der Waals surface area contributed by atoms with Crippen molar-refractivity contribution >= 4 is 42.1 Å². The van der Waals surface area contributed by atoms with Crippen LogP contribution in [0, 0.1) is 0 Å². The molecule has 0 aliphatic rings. The number of carbonyl (C=O) groups excluding carboxylic acids is 1. The van der Waals surface area contributed by atoms with Crippen LogP contribution in [0.5, 0.6) is 0 Å². The van der Waals surface area contributed by atoms with E-state index in [1.807, 2.05) is 30.6 Å². The maximum atomic E-state index is 11.7. The van der Waals surface area contributed by atoms with Gasteiger partial charge in [0.15, 0.2) is 0 Å². The Kier molecular flexibility index (Phi) is 10.8. The van der Waals surface area contributed by atoms with Gasteiger partial charge in [-0.1, -0.05) is 30.3 Å². The number of nitrogens with zero attached hydrogens (tertiary/aromatic N) is 1. The van der Waals surface area contributed by atoms with Crippen LogP contribution in [-0.2, 0) is 17.6 Å².